The summed E-state index contributed by atoms with van der Waals surface area (Å²) in [6.07, 6.45) is 1.94. The highest BCUT2D eigenvalue weighted by Gasteiger charge is 2.32. The maximum Gasteiger partial charge on any atom is 0.113 e. The maximum atomic E-state index is 5.23. The maximum absolute atomic E-state index is 5.23. The van der Waals surface area contributed by atoms with Gasteiger partial charge in [-0.05, 0) is 65.2 Å². The van der Waals surface area contributed by atoms with Crippen LogP contribution < -0.4 is 10.6 Å². The van der Waals surface area contributed by atoms with Crippen molar-refractivity contribution in [3.63, 3.8) is 0 Å². The molecule has 202 valence electrons. The van der Waals surface area contributed by atoms with Gasteiger partial charge in [0.05, 0.1) is 23.6 Å². The van der Waals surface area contributed by atoms with Crippen LogP contribution in [0.4, 0.5) is 11.4 Å². The van der Waals surface area contributed by atoms with Crippen molar-refractivity contribution in [1.82, 2.24) is 19.7 Å². The minimum atomic E-state index is 0.259. The van der Waals surface area contributed by atoms with Gasteiger partial charge in [-0.1, -0.05) is 56.5 Å². The van der Waals surface area contributed by atoms with Crippen LogP contribution in [-0.4, -0.2) is 33.3 Å². The second-order valence-electron chi connectivity index (χ2n) is 10.8. The summed E-state index contributed by atoms with van der Waals surface area (Å²) in [5, 5.41) is 14.5. The van der Waals surface area contributed by atoms with Gasteiger partial charge in [0.2, 0.25) is 0 Å². The van der Waals surface area contributed by atoms with Crippen molar-refractivity contribution in [1.29, 1.82) is 0 Å². The monoisotopic (exact) mass is 528 g/mol. The number of rotatable bonds is 8. The van der Waals surface area contributed by atoms with E-state index in [1.807, 2.05) is 19.3 Å². The summed E-state index contributed by atoms with van der Waals surface area (Å²) in [5.74, 6) is 0.259. The van der Waals surface area contributed by atoms with Crippen molar-refractivity contribution in [2.45, 2.75) is 32.9 Å². The molecule has 0 spiro atoms. The van der Waals surface area contributed by atoms with Crippen LogP contribution >= 0.6 is 0 Å². The van der Waals surface area contributed by atoms with E-state index in [2.05, 4.69) is 119 Å². The van der Waals surface area contributed by atoms with Crippen molar-refractivity contribution < 1.29 is 0 Å². The molecular weight excluding hydrogens is 492 g/mol. The molecule has 0 radical (unpaired) electrons. The molecule has 0 bridgehead atoms. The van der Waals surface area contributed by atoms with Gasteiger partial charge in [0.15, 0.2) is 0 Å². The van der Waals surface area contributed by atoms with E-state index < -0.39 is 0 Å². The van der Waals surface area contributed by atoms with Gasteiger partial charge < -0.3 is 20.5 Å². The van der Waals surface area contributed by atoms with Crippen molar-refractivity contribution in [2.75, 3.05) is 24.2 Å². The zero-order chi connectivity index (χ0) is 27.8. The van der Waals surface area contributed by atoms with E-state index in [0.29, 0.717) is 6.54 Å². The van der Waals surface area contributed by atoms with Gasteiger partial charge in [-0.25, -0.2) is 0 Å². The molecular formula is C34H36N6. The van der Waals surface area contributed by atoms with Crippen LogP contribution in [0, 0.1) is 6.92 Å². The van der Waals surface area contributed by atoms with Crippen LogP contribution in [-0.2, 0) is 13.1 Å². The number of aryl methyl sites for hydroxylation is 1. The van der Waals surface area contributed by atoms with Crippen LogP contribution in [0.1, 0.15) is 46.6 Å². The van der Waals surface area contributed by atoms with Gasteiger partial charge in [0, 0.05) is 54.9 Å². The van der Waals surface area contributed by atoms with Crippen molar-refractivity contribution in [2.24, 2.45) is 0 Å². The third-order valence-corrected chi connectivity index (χ3v) is 7.87. The predicted octanol–water partition coefficient (Wildman–Crippen LogP) is 7.44. The number of anilines is 2. The first-order chi connectivity index (χ1) is 19.4. The van der Waals surface area contributed by atoms with Crippen molar-refractivity contribution >= 4 is 33.5 Å². The molecule has 0 amide bonds. The number of aromatic nitrogens is 3. The molecule has 40 heavy (non-hydrogen) atoms. The Morgan fingerprint density at radius 1 is 1.02 bits per heavy atom. The lowest BCUT2D eigenvalue weighted by Crippen LogP contribution is -2.32. The van der Waals surface area contributed by atoms with Gasteiger partial charge in [-0.3, -0.25) is 4.68 Å². The number of nitrogens with zero attached hydrogens (tertiary/aromatic N) is 3. The lowest BCUT2D eigenvalue weighted by molar-refractivity contribution is 0.333. The largest absolute Gasteiger partial charge is 0.388 e. The van der Waals surface area contributed by atoms with Crippen LogP contribution in [0.2, 0.25) is 0 Å². The molecule has 0 saturated heterocycles. The number of fused-ring (bicyclic) bond motifs is 2. The quantitative estimate of drug-likeness (QED) is 0.196. The Morgan fingerprint density at radius 3 is 2.65 bits per heavy atom. The molecule has 3 aromatic carbocycles. The summed E-state index contributed by atoms with van der Waals surface area (Å²) < 4.78 is 2.20. The normalized spacial score (nSPS) is 14.7. The zero-order valence-corrected chi connectivity index (χ0v) is 23.5. The summed E-state index contributed by atoms with van der Waals surface area (Å²) >= 11 is 0. The van der Waals surface area contributed by atoms with Crippen molar-refractivity contribution in [3.8, 4) is 0 Å². The van der Waals surface area contributed by atoms with Crippen molar-refractivity contribution in [3.05, 3.63) is 126 Å². The highest BCUT2D eigenvalue weighted by atomic mass is 15.3. The van der Waals surface area contributed by atoms with Crippen LogP contribution in [0.25, 0.3) is 22.2 Å². The first-order valence-corrected chi connectivity index (χ1v) is 13.8. The Morgan fingerprint density at radius 2 is 1.88 bits per heavy atom. The fourth-order valence-electron chi connectivity index (χ4n) is 5.90. The third-order valence-electron chi connectivity index (χ3n) is 7.87. The van der Waals surface area contributed by atoms with Gasteiger partial charge in [0.25, 0.3) is 0 Å². The molecule has 2 aromatic heterocycles. The average Bonchev–Trinajstić information content (AvgIpc) is 3.61. The van der Waals surface area contributed by atoms with E-state index in [1.165, 1.54) is 33.2 Å². The third kappa shape index (κ3) is 4.77. The van der Waals surface area contributed by atoms with Crippen LogP contribution in [0.15, 0.2) is 92.2 Å². The van der Waals surface area contributed by atoms with Crippen LogP contribution in [0.5, 0.6) is 0 Å². The minimum absolute atomic E-state index is 0.259. The fraction of sp³-hybridized carbons (Fsp3) is 0.206. The summed E-state index contributed by atoms with van der Waals surface area (Å²) in [4.78, 5) is 5.67. The molecule has 0 aliphatic carbocycles. The SMILES string of the molecule is C=C(Nc1cccc(C)c1)c1nn(Cc2cccc3cc(NC)ccc23)c2c1CN(C(=C)c1ccc[nH]1)CC2C. The Bertz CT molecular complexity index is 1710. The van der Waals surface area contributed by atoms with Gasteiger partial charge in [-0.15, -0.1) is 0 Å². The second-order valence-corrected chi connectivity index (χ2v) is 10.8. The molecule has 1 aliphatic rings. The topological polar surface area (TPSA) is 60.9 Å². The van der Waals surface area contributed by atoms with Gasteiger partial charge in [-0.2, -0.15) is 5.10 Å². The number of hydrogen-bond acceptors (Lipinski definition) is 4. The summed E-state index contributed by atoms with van der Waals surface area (Å²) in [6.45, 7) is 15.5. The highest BCUT2D eigenvalue weighted by Crippen LogP contribution is 2.37. The number of H-pyrrole nitrogens is 1. The molecule has 6 rings (SSSR count). The van der Waals surface area contributed by atoms with E-state index in [9.17, 15) is 0 Å². The van der Waals surface area contributed by atoms with Gasteiger partial charge in [0.1, 0.15) is 5.69 Å². The number of aromatic amines is 1. The standard InChI is InChI=1S/C34H36N6/c1-22-9-6-12-29(17-22)37-24(3)33-31-21-39(25(4)32-13-8-16-36-32)19-23(2)34(31)40(38-33)20-27-11-7-10-26-18-28(35-5)14-15-30(26)27/h6-18,23,35-37H,3-4,19-21H2,1-2,5H3. The van der Waals surface area contributed by atoms with E-state index in [4.69, 9.17) is 5.10 Å². The first kappa shape index (κ1) is 25.6. The predicted molar refractivity (Wildman–Crippen MR) is 167 cm³/mol. The second kappa shape index (κ2) is 10.5. The minimum Gasteiger partial charge on any atom is -0.388 e. The lowest BCUT2D eigenvalue weighted by atomic mass is 9.94. The Balaban J connectivity index is 1.41. The molecule has 3 N–H and O–H groups in total. The molecule has 6 nitrogen and oxygen atoms in total. The van der Waals surface area contributed by atoms with Crippen LogP contribution in [0.3, 0.4) is 0 Å². The van der Waals surface area contributed by atoms with E-state index in [-0.39, 0.29) is 5.92 Å². The number of nitrogens with one attached hydrogen (secondary N) is 3. The van der Waals surface area contributed by atoms with Gasteiger partial charge >= 0.3 is 0 Å². The molecule has 1 unspecified atom stereocenters. The molecule has 5 aromatic rings. The Labute approximate surface area is 236 Å². The van der Waals surface area contributed by atoms with E-state index in [0.717, 1.165) is 47.2 Å². The molecule has 1 aliphatic heterocycles. The molecule has 6 heteroatoms. The Kier molecular flexibility index (Phi) is 6.68. The molecule has 0 fully saturated rings. The average molecular weight is 529 g/mol. The zero-order valence-electron chi connectivity index (χ0n) is 23.5. The highest BCUT2D eigenvalue weighted by molar-refractivity contribution is 5.88. The van der Waals surface area contributed by atoms with E-state index in [1.54, 1.807) is 0 Å². The number of hydrogen-bond donors (Lipinski definition) is 3. The first-order valence-electron chi connectivity index (χ1n) is 13.8. The molecule has 0 saturated carbocycles. The molecule has 1 atom stereocenters. The smallest absolute Gasteiger partial charge is 0.113 e. The lowest BCUT2D eigenvalue weighted by Gasteiger charge is -2.34. The summed E-state index contributed by atoms with van der Waals surface area (Å²) in [6, 6.07) is 25.5. The summed E-state index contributed by atoms with van der Waals surface area (Å²) in [5.41, 5.74) is 10.8. The van der Waals surface area contributed by atoms with E-state index >= 15 is 0 Å². The molecule has 3 heterocycles. The number of benzene rings is 3. The fourth-order valence-corrected chi connectivity index (χ4v) is 5.90. The Hall–Kier alpha value is -4.71. The summed E-state index contributed by atoms with van der Waals surface area (Å²) in [7, 11) is 1.95.